The number of aliphatic hydroxyl groups is 1. The summed E-state index contributed by atoms with van der Waals surface area (Å²) in [5, 5.41) is 16.6. The Kier molecular flexibility index (Phi) is 8.85. The van der Waals surface area contributed by atoms with E-state index in [1.807, 2.05) is 0 Å². The van der Waals surface area contributed by atoms with Gasteiger partial charge in [-0.3, -0.25) is 0 Å². The number of hydrogen-bond donors (Lipinski definition) is 2. The zero-order valence-electron chi connectivity index (χ0n) is 31.6. The standard InChI is InChI=1S/C33H41N3O10S2/c1-20(2)14-36(48(39,40)25-8-9-29-30(13-25)45-19-44-29)15-28(37)27(35-33(38)46-31-17-43-32-26(31)10-11-41-32)12-22-4-6-24(7-5-22)42-16-23-18-47-21(3)34-23/h4-9,13,18,20,26-28,31-32,37H,10-12,14-17,19H2,1-3H3,(H,35,38)/t26-,27-,28+,31-,32+/m0/s1/i16D2,19D2,31D. The quantitative estimate of drug-likeness (QED) is 0.251. The molecule has 3 aromatic rings. The van der Waals surface area contributed by atoms with Crippen molar-refractivity contribution in [1.29, 1.82) is 0 Å². The van der Waals surface area contributed by atoms with E-state index in [-0.39, 0.29) is 53.3 Å². The number of aryl methyl sites for hydroxylation is 1. The van der Waals surface area contributed by atoms with E-state index in [0.29, 0.717) is 23.6 Å². The third-order valence-electron chi connectivity index (χ3n) is 7.92. The summed E-state index contributed by atoms with van der Waals surface area (Å²) in [6.07, 6.45) is -4.51. The van der Waals surface area contributed by atoms with Crippen molar-refractivity contribution < 1.29 is 53.6 Å². The molecular formula is C33H41N3O10S2. The number of nitrogens with zero attached hydrogens (tertiary/aromatic N) is 2. The van der Waals surface area contributed by atoms with Crippen LogP contribution in [0.4, 0.5) is 4.79 Å². The lowest BCUT2D eigenvalue weighted by molar-refractivity contribution is -0.0907. The third kappa shape index (κ3) is 8.21. The van der Waals surface area contributed by atoms with Crippen LogP contribution in [0.3, 0.4) is 0 Å². The Labute approximate surface area is 291 Å². The number of thiazole rings is 1. The molecule has 4 heterocycles. The first kappa shape index (κ1) is 28.4. The predicted octanol–water partition coefficient (Wildman–Crippen LogP) is 3.87. The maximum Gasteiger partial charge on any atom is 0.407 e. The lowest BCUT2D eigenvalue weighted by atomic mass is 10.0. The summed E-state index contributed by atoms with van der Waals surface area (Å²) in [6, 6.07) is 8.85. The Hall–Kier alpha value is -3.47. The fraction of sp³-hybridized carbons (Fsp3) is 0.515. The fourth-order valence-corrected chi connectivity index (χ4v) is 7.73. The van der Waals surface area contributed by atoms with Crippen molar-refractivity contribution in [2.75, 3.05) is 33.0 Å². The van der Waals surface area contributed by atoms with E-state index < -0.39 is 66.4 Å². The first-order chi connectivity index (χ1) is 24.8. The number of aromatic nitrogens is 1. The number of fused-ring (bicyclic) bond motifs is 2. The van der Waals surface area contributed by atoms with Crippen molar-refractivity contribution in [1.82, 2.24) is 14.6 Å². The van der Waals surface area contributed by atoms with E-state index in [2.05, 4.69) is 10.3 Å². The van der Waals surface area contributed by atoms with Gasteiger partial charge in [-0.2, -0.15) is 4.31 Å². The van der Waals surface area contributed by atoms with Gasteiger partial charge >= 0.3 is 6.09 Å². The summed E-state index contributed by atoms with van der Waals surface area (Å²) in [7, 11) is -4.31. The minimum absolute atomic E-state index is 0.0192. The van der Waals surface area contributed by atoms with Crippen LogP contribution < -0.4 is 19.5 Å². The monoisotopic (exact) mass is 708 g/mol. The van der Waals surface area contributed by atoms with E-state index in [9.17, 15) is 18.3 Å². The molecule has 13 nitrogen and oxygen atoms in total. The van der Waals surface area contributed by atoms with Gasteiger partial charge in [0.1, 0.15) is 21.1 Å². The van der Waals surface area contributed by atoms with Crippen LogP contribution in [0.5, 0.6) is 17.2 Å². The topological polar surface area (TPSA) is 155 Å². The molecule has 0 aliphatic carbocycles. The molecule has 1 aromatic heterocycles. The van der Waals surface area contributed by atoms with Crippen molar-refractivity contribution in [3.05, 3.63) is 64.1 Å². The first-order valence-corrected chi connectivity index (χ1v) is 17.8. The lowest BCUT2D eigenvalue weighted by Crippen LogP contribution is -2.51. The van der Waals surface area contributed by atoms with Gasteiger partial charge in [-0.1, -0.05) is 26.0 Å². The van der Waals surface area contributed by atoms with Gasteiger partial charge in [0.05, 0.1) is 51.0 Å². The van der Waals surface area contributed by atoms with Gasteiger partial charge in [-0.05, 0) is 55.5 Å². The summed E-state index contributed by atoms with van der Waals surface area (Å²) in [6.45, 7) is 0.345. The van der Waals surface area contributed by atoms with Crippen molar-refractivity contribution in [3.8, 4) is 17.2 Å². The normalized spacial score (nSPS) is 25.8. The van der Waals surface area contributed by atoms with Crippen molar-refractivity contribution >= 4 is 27.5 Å². The van der Waals surface area contributed by atoms with Crippen molar-refractivity contribution in [2.24, 2.45) is 11.8 Å². The molecule has 2 aromatic carbocycles. The third-order valence-corrected chi connectivity index (χ3v) is 10.5. The van der Waals surface area contributed by atoms with Gasteiger partial charge in [0, 0.05) is 24.5 Å². The number of rotatable bonds is 14. The number of alkyl carbamates (subject to hydrolysis) is 1. The average Bonchev–Trinajstić information content (AvgIpc) is 3.85. The number of amides is 1. The summed E-state index contributed by atoms with van der Waals surface area (Å²) < 4.78 is 102. The van der Waals surface area contributed by atoms with Crippen LogP contribution >= 0.6 is 11.3 Å². The van der Waals surface area contributed by atoms with E-state index in [1.54, 1.807) is 38.3 Å². The maximum absolute atomic E-state index is 14.0. The largest absolute Gasteiger partial charge is 0.487 e. The molecular weight excluding hydrogens is 663 g/mol. The van der Waals surface area contributed by atoms with Crippen molar-refractivity contribution in [3.63, 3.8) is 0 Å². The van der Waals surface area contributed by atoms with Crippen LogP contribution in [0.1, 0.15) is 43.4 Å². The zero-order valence-corrected chi connectivity index (χ0v) is 28.2. The number of aliphatic hydroxyl groups excluding tert-OH is 1. The second-order valence-corrected chi connectivity index (χ2v) is 15.0. The smallest absolute Gasteiger partial charge is 0.407 e. The summed E-state index contributed by atoms with van der Waals surface area (Å²) in [5.74, 6) is -0.563. The van der Waals surface area contributed by atoms with Crippen LogP contribution in [-0.2, 0) is 37.2 Å². The van der Waals surface area contributed by atoms with Gasteiger partial charge in [0.25, 0.3) is 0 Å². The molecule has 15 heteroatoms. The summed E-state index contributed by atoms with van der Waals surface area (Å²) >= 11 is 1.29. The highest BCUT2D eigenvalue weighted by Crippen LogP contribution is 2.35. The molecule has 48 heavy (non-hydrogen) atoms. The van der Waals surface area contributed by atoms with Gasteiger partial charge in [0.2, 0.25) is 16.8 Å². The molecule has 0 radical (unpaired) electrons. The van der Waals surface area contributed by atoms with Crippen molar-refractivity contribution in [2.45, 2.75) is 69.6 Å². The highest BCUT2D eigenvalue weighted by atomic mass is 32.2. The van der Waals surface area contributed by atoms with Crippen LogP contribution in [0.15, 0.2) is 52.7 Å². The Bertz CT molecular complexity index is 1900. The molecule has 2 N–H and O–H groups in total. The van der Waals surface area contributed by atoms with Gasteiger partial charge in [-0.15, -0.1) is 11.3 Å². The van der Waals surface area contributed by atoms with Crippen LogP contribution in [0.25, 0.3) is 0 Å². The van der Waals surface area contributed by atoms with Gasteiger partial charge < -0.3 is 38.8 Å². The molecule has 260 valence electrons. The number of carbonyl (C=O) groups is 1. The molecule has 6 rings (SSSR count). The number of carbonyl (C=O) groups excluding carboxylic acids is 1. The maximum atomic E-state index is 14.0. The van der Waals surface area contributed by atoms with E-state index in [0.717, 1.165) is 10.4 Å². The van der Waals surface area contributed by atoms with Gasteiger partial charge in [0.15, 0.2) is 17.8 Å². The summed E-state index contributed by atoms with van der Waals surface area (Å²) in [4.78, 5) is 17.3. The van der Waals surface area contributed by atoms with Crippen LogP contribution in [0, 0.1) is 18.8 Å². The predicted molar refractivity (Wildman–Crippen MR) is 174 cm³/mol. The van der Waals surface area contributed by atoms with Crippen LogP contribution in [0.2, 0.25) is 0 Å². The second-order valence-electron chi connectivity index (χ2n) is 12.0. The molecule has 0 saturated carbocycles. The molecule has 0 unspecified atom stereocenters. The fourth-order valence-electron chi connectivity index (χ4n) is 5.56. The SMILES string of the molecule is [2H]C1([2H])Oc2ccc(S(=O)(=O)N(CC(C)C)C[C@@H](O)[C@H](Cc3ccc(OC([2H])([2H])c4csc(C)n4)cc3)NC(=O)O[C@@]3([2H])CO[C@H]4OCC[C@H]43)cc2O1. The first-order valence-electron chi connectivity index (χ1n) is 18.0. The molecule has 2 fully saturated rings. The highest BCUT2D eigenvalue weighted by molar-refractivity contribution is 7.89. The Morgan fingerprint density at radius 3 is 2.75 bits per heavy atom. The number of hydrogen-bond acceptors (Lipinski definition) is 12. The molecule has 5 atom stereocenters. The van der Waals surface area contributed by atoms with Crippen LogP contribution in [-0.4, -0.2) is 86.5 Å². The minimum atomic E-state index is -4.31. The number of benzene rings is 2. The molecule has 2 saturated heterocycles. The number of nitrogens with one attached hydrogen (secondary N) is 1. The van der Waals surface area contributed by atoms with Gasteiger partial charge in [-0.25, -0.2) is 18.2 Å². The van der Waals surface area contributed by atoms with E-state index in [4.69, 9.17) is 35.3 Å². The average molecular weight is 709 g/mol. The molecule has 1 amide bonds. The molecule has 0 bridgehead atoms. The minimum Gasteiger partial charge on any atom is -0.487 e. The van der Waals surface area contributed by atoms with E-state index in [1.165, 1.54) is 35.6 Å². The van der Waals surface area contributed by atoms with E-state index >= 15 is 0 Å². The Balaban J connectivity index is 1.22. The summed E-state index contributed by atoms with van der Waals surface area (Å²) in [5.41, 5.74) is 0.706. The lowest BCUT2D eigenvalue weighted by Gasteiger charge is -2.31. The Morgan fingerprint density at radius 1 is 1.21 bits per heavy atom. The number of sulfonamides is 1. The molecule has 3 aliphatic rings. The Morgan fingerprint density at radius 2 is 2.00 bits per heavy atom. The molecule has 0 spiro atoms. The number of ether oxygens (including phenoxy) is 6. The zero-order chi connectivity index (χ0) is 38.3. The second kappa shape index (κ2) is 15.0. The molecule has 3 aliphatic heterocycles. The highest BCUT2D eigenvalue weighted by Gasteiger charge is 2.44.